The molecule has 0 spiro atoms. The molecule has 1 heterocycles. The maximum atomic E-state index is 13.1. The lowest BCUT2D eigenvalue weighted by Gasteiger charge is -2.46. The highest BCUT2D eigenvalue weighted by atomic mass is 19.4. The van der Waals surface area contributed by atoms with Gasteiger partial charge in [0.15, 0.2) is 0 Å². The van der Waals surface area contributed by atoms with Gasteiger partial charge in [-0.05, 0) is 36.8 Å². The van der Waals surface area contributed by atoms with Crippen molar-refractivity contribution in [1.29, 1.82) is 0 Å². The molecule has 1 aromatic carbocycles. The van der Waals surface area contributed by atoms with Gasteiger partial charge in [-0.1, -0.05) is 32.9 Å². The van der Waals surface area contributed by atoms with Gasteiger partial charge < -0.3 is 5.32 Å². The van der Waals surface area contributed by atoms with Crippen molar-refractivity contribution in [1.82, 2.24) is 0 Å². The van der Waals surface area contributed by atoms with Gasteiger partial charge in [-0.2, -0.15) is 13.2 Å². The fraction of sp³-hybridized carbons (Fsp3) is 0.600. The van der Waals surface area contributed by atoms with Gasteiger partial charge in [0, 0.05) is 5.54 Å². The molecule has 2 rings (SSSR count). The van der Waals surface area contributed by atoms with Crippen LogP contribution in [-0.2, 0) is 6.18 Å². The van der Waals surface area contributed by atoms with Crippen LogP contribution in [0.25, 0.3) is 0 Å². The quantitative estimate of drug-likeness (QED) is 0.754. The van der Waals surface area contributed by atoms with E-state index in [4.69, 9.17) is 0 Å². The van der Waals surface area contributed by atoms with Crippen molar-refractivity contribution in [3.8, 4) is 0 Å². The second-order valence-corrected chi connectivity index (χ2v) is 5.74. The summed E-state index contributed by atoms with van der Waals surface area (Å²) in [6.45, 7) is 8.13. The smallest absolute Gasteiger partial charge is 0.379 e. The lowest BCUT2D eigenvalue weighted by Crippen LogP contribution is -2.47. The number of hydrogen-bond donors (Lipinski definition) is 1. The molecule has 1 aliphatic heterocycles. The summed E-state index contributed by atoms with van der Waals surface area (Å²) in [4.78, 5) is 0. The zero-order chi connectivity index (χ0) is 14.4. The zero-order valence-corrected chi connectivity index (χ0v) is 11.7. The van der Waals surface area contributed by atoms with Gasteiger partial charge in [0.2, 0.25) is 0 Å². The highest BCUT2D eigenvalue weighted by Gasteiger charge is 2.43. The summed E-state index contributed by atoms with van der Waals surface area (Å²) < 4.78 is 39.3. The van der Waals surface area contributed by atoms with Crippen molar-refractivity contribution in [3.05, 3.63) is 29.3 Å². The van der Waals surface area contributed by atoms with E-state index in [2.05, 4.69) is 12.2 Å². The van der Waals surface area contributed by atoms with E-state index in [1.165, 1.54) is 6.07 Å². The van der Waals surface area contributed by atoms with Crippen molar-refractivity contribution < 1.29 is 13.2 Å². The van der Waals surface area contributed by atoms with Gasteiger partial charge in [-0.15, -0.1) is 0 Å². The van der Waals surface area contributed by atoms with Crippen molar-refractivity contribution in [3.63, 3.8) is 0 Å². The summed E-state index contributed by atoms with van der Waals surface area (Å²) in [7, 11) is 0. The Bertz CT molecular complexity index is 481. The monoisotopic (exact) mass is 271 g/mol. The molecule has 0 saturated carbocycles. The van der Waals surface area contributed by atoms with Crippen molar-refractivity contribution in [2.45, 2.75) is 51.7 Å². The van der Waals surface area contributed by atoms with E-state index in [0.29, 0.717) is 0 Å². The molecule has 3 atom stereocenters. The van der Waals surface area contributed by atoms with Gasteiger partial charge in [0.1, 0.15) is 0 Å². The van der Waals surface area contributed by atoms with E-state index in [9.17, 15) is 13.2 Å². The Hall–Kier alpha value is -1.19. The van der Waals surface area contributed by atoms with E-state index in [1.807, 2.05) is 20.8 Å². The standard InChI is InChI=1S/C15H20F3N/c1-5-14(4)10(3)9(2)11-7-6-8-12(13(11)19-14)15(16,17)18/h6-10,19H,5H2,1-4H3. The molecule has 0 amide bonds. The second kappa shape index (κ2) is 4.43. The fourth-order valence-electron chi connectivity index (χ4n) is 2.96. The third kappa shape index (κ3) is 2.21. The van der Waals surface area contributed by atoms with E-state index in [-0.39, 0.29) is 23.1 Å². The molecule has 0 aromatic heterocycles. The third-order valence-corrected chi connectivity index (χ3v) is 4.79. The Morgan fingerprint density at radius 1 is 1.26 bits per heavy atom. The van der Waals surface area contributed by atoms with Crippen molar-refractivity contribution >= 4 is 5.69 Å². The molecule has 0 bridgehead atoms. The topological polar surface area (TPSA) is 12.0 Å². The fourth-order valence-corrected chi connectivity index (χ4v) is 2.96. The molecular weight excluding hydrogens is 251 g/mol. The first-order chi connectivity index (χ1) is 8.70. The van der Waals surface area contributed by atoms with Crippen LogP contribution < -0.4 is 5.32 Å². The number of benzene rings is 1. The van der Waals surface area contributed by atoms with E-state index in [0.717, 1.165) is 18.1 Å². The summed E-state index contributed by atoms with van der Waals surface area (Å²) in [6, 6.07) is 4.46. The molecule has 1 aromatic rings. The van der Waals surface area contributed by atoms with Crippen LogP contribution in [0.2, 0.25) is 0 Å². The number of hydrogen-bond acceptors (Lipinski definition) is 1. The Morgan fingerprint density at radius 2 is 1.89 bits per heavy atom. The van der Waals surface area contributed by atoms with E-state index >= 15 is 0 Å². The molecule has 1 aliphatic rings. The molecule has 4 heteroatoms. The molecule has 0 saturated heterocycles. The Morgan fingerprint density at radius 3 is 2.42 bits per heavy atom. The SMILES string of the molecule is CCC1(C)Nc2c(cccc2C(F)(F)F)C(C)C1C. The van der Waals surface area contributed by atoms with Crippen molar-refractivity contribution in [2.24, 2.45) is 5.92 Å². The number of anilines is 1. The predicted octanol–water partition coefficient (Wildman–Crippen LogP) is 5.04. The second-order valence-electron chi connectivity index (χ2n) is 5.74. The van der Waals surface area contributed by atoms with Gasteiger partial charge in [-0.25, -0.2) is 0 Å². The Balaban J connectivity index is 2.61. The summed E-state index contributed by atoms with van der Waals surface area (Å²) in [5.74, 6) is 0.400. The molecule has 1 N–H and O–H groups in total. The number of nitrogens with one attached hydrogen (secondary N) is 1. The molecule has 1 nitrogen and oxygen atoms in total. The van der Waals surface area contributed by atoms with Gasteiger partial charge in [0.05, 0.1) is 11.3 Å². The first-order valence-electron chi connectivity index (χ1n) is 6.69. The lowest BCUT2D eigenvalue weighted by atomic mass is 9.70. The number of alkyl halides is 3. The van der Waals surface area contributed by atoms with Crippen LogP contribution >= 0.6 is 0 Å². The lowest BCUT2D eigenvalue weighted by molar-refractivity contribution is -0.137. The van der Waals surface area contributed by atoms with Crippen LogP contribution in [0, 0.1) is 5.92 Å². The molecule has 0 fully saturated rings. The van der Waals surface area contributed by atoms with Crippen molar-refractivity contribution in [2.75, 3.05) is 5.32 Å². The maximum absolute atomic E-state index is 13.1. The molecule has 0 radical (unpaired) electrons. The highest BCUT2D eigenvalue weighted by Crippen LogP contribution is 2.48. The molecule has 0 aliphatic carbocycles. The number of para-hydroxylation sites is 1. The normalized spacial score (nSPS) is 30.7. The Labute approximate surface area is 112 Å². The Kier molecular flexibility index (Phi) is 3.31. The third-order valence-electron chi connectivity index (χ3n) is 4.79. The summed E-state index contributed by atoms with van der Waals surface area (Å²) in [6.07, 6.45) is -3.52. The number of rotatable bonds is 1. The minimum atomic E-state index is -4.31. The van der Waals surface area contributed by atoms with Crippen LogP contribution in [0.4, 0.5) is 18.9 Å². The maximum Gasteiger partial charge on any atom is 0.418 e. The van der Waals surface area contributed by atoms with Crippen LogP contribution in [0.1, 0.15) is 51.2 Å². The van der Waals surface area contributed by atoms with Crippen LogP contribution in [0.3, 0.4) is 0 Å². The number of fused-ring (bicyclic) bond motifs is 1. The molecule has 106 valence electrons. The summed E-state index contributed by atoms with van der Waals surface area (Å²) in [5.41, 5.74) is 0.190. The highest BCUT2D eigenvalue weighted by molar-refractivity contribution is 5.63. The van der Waals surface area contributed by atoms with Gasteiger partial charge in [0.25, 0.3) is 0 Å². The largest absolute Gasteiger partial charge is 0.418 e. The summed E-state index contributed by atoms with van der Waals surface area (Å²) >= 11 is 0. The average molecular weight is 271 g/mol. The zero-order valence-electron chi connectivity index (χ0n) is 11.7. The van der Waals surface area contributed by atoms with Gasteiger partial charge >= 0.3 is 6.18 Å². The van der Waals surface area contributed by atoms with Gasteiger partial charge in [-0.3, -0.25) is 0 Å². The summed E-state index contributed by atoms with van der Waals surface area (Å²) in [5, 5.41) is 3.16. The molecule has 19 heavy (non-hydrogen) atoms. The van der Waals surface area contributed by atoms with E-state index in [1.54, 1.807) is 6.07 Å². The minimum absolute atomic E-state index is 0.114. The van der Waals surface area contributed by atoms with Crippen LogP contribution in [0.5, 0.6) is 0 Å². The predicted molar refractivity (Wildman–Crippen MR) is 71.3 cm³/mol. The molecule has 3 unspecified atom stereocenters. The average Bonchev–Trinajstić information content (AvgIpc) is 2.34. The van der Waals surface area contributed by atoms with Crippen LogP contribution in [-0.4, -0.2) is 5.54 Å². The minimum Gasteiger partial charge on any atom is -0.379 e. The first kappa shape index (κ1) is 14.2. The first-order valence-corrected chi connectivity index (χ1v) is 6.69. The number of halogens is 3. The van der Waals surface area contributed by atoms with E-state index < -0.39 is 11.7 Å². The molecular formula is C15H20F3N. The van der Waals surface area contributed by atoms with Crippen LogP contribution in [0.15, 0.2) is 18.2 Å².